The molecule has 0 spiro atoms. The highest BCUT2D eigenvalue weighted by molar-refractivity contribution is 7.88. The second kappa shape index (κ2) is 6.19. The van der Waals surface area contributed by atoms with Crippen LogP contribution < -0.4 is 0 Å². The molecule has 1 saturated heterocycles. The quantitative estimate of drug-likeness (QED) is 0.863. The van der Waals surface area contributed by atoms with Gasteiger partial charge in [-0.15, -0.1) is 0 Å². The summed E-state index contributed by atoms with van der Waals surface area (Å²) in [6, 6.07) is 5.10. The van der Waals surface area contributed by atoms with Crippen molar-refractivity contribution in [2.75, 3.05) is 32.4 Å². The number of carboxylic acids is 1. The van der Waals surface area contributed by atoms with Crippen LogP contribution in [0.5, 0.6) is 0 Å². The molecule has 1 aromatic carbocycles. The first-order chi connectivity index (χ1) is 11.3. The minimum atomic E-state index is -3.24. The molecule has 0 radical (unpaired) electrons. The minimum absolute atomic E-state index is 0.310. The number of benzene rings is 1. The van der Waals surface area contributed by atoms with Crippen molar-refractivity contribution in [2.24, 2.45) is 0 Å². The summed E-state index contributed by atoms with van der Waals surface area (Å²) in [6.07, 6.45) is 2.92. The van der Waals surface area contributed by atoms with Gasteiger partial charge in [0.05, 0.1) is 6.26 Å². The second-order valence-electron chi connectivity index (χ2n) is 6.23. The van der Waals surface area contributed by atoms with Gasteiger partial charge in [0.1, 0.15) is 6.04 Å². The Morgan fingerprint density at radius 3 is 2.50 bits per heavy atom. The molecular formula is C16H21N3O4S. The summed E-state index contributed by atoms with van der Waals surface area (Å²) in [5.41, 5.74) is 2.68. The third kappa shape index (κ3) is 3.17. The third-order valence-electron chi connectivity index (χ3n) is 4.51. The standard InChI is InChI=1S/C16H21N3O4S/c1-11-3-4-14-12(9-11)13(10-17-14)15(16(20)21)18-5-7-19(8-6-18)24(2,22)23/h3-4,9-10,15,17H,5-8H2,1-2H3,(H,20,21)/t15-/m0/s1. The predicted octanol–water partition coefficient (Wildman–Crippen LogP) is 1.18. The number of hydrogen-bond donors (Lipinski definition) is 2. The van der Waals surface area contributed by atoms with Gasteiger partial charge in [0.15, 0.2) is 0 Å². The van der Waals surface area contributed by atoms with Crippen LogP contribution in [-0.4, -0.2) is 66.1 Å². The normalized spacial score (nSPS) is 18.8. The van der Waals surface area contributed by atoms with E-state index in [-0.39, 0.29) is 0 Å². The number of nitrogens with zero attached hydrogens (tertiary/aromatic N) is 2. The van der Waals surface area contributed by atoms with Crippen LogP contribution in [0, 0.1) is 6.92 Å². The molecule has 24 heavy (non-hydrogen) atoms. The van der Waals surface area contributed by atoms with Gasteiger partial charge in [-0.3, -0.25) is 9.69 Å². The number of rotatable bonds is 4. The van der Waals surface area contributed by atoms with Crippen LogP contribution in [0.2, 0.25) is 0 Å². The number of fused-ring (bicyclic) bond motifs is 1. The molecule has 0 aliphatic carbocycles. The molecule has 1 aliphatic rings. The summed E-state index contributed by atoms with van der Waals surface area (Å²) in [7, 11) is -3.24. The molecule has 1 aliphatic heterocycles. The van der Waals surface area contributed by atoms with Crippen molar-refractivity contribution < 1.29 is 18.3 Å². The van der Waals surface area contributed by atoms with Gasteiger partial charge in [-0.1, -0.05) is 11.6 Å². The van der Waals surface area contributed by atoms with E-state index >= 15 is 0 Å². The number of aromatic nitrogens is 1. The maximum absolute atomic E-state index is 11.9. The molecule has 1 atom stereocenters. The summed E-state index contributed by atoms with van der Waals surface area (Å²) in [4.78, 5) is 16.9. The lowest BCUT2D eigenvalue weighted by Crippen LogP contribution is -2.50. The van der Waals surface area contributed by atoms with Gasteiger partial charge in [-0.2, -0.15) is 4.31 Å². The Balaban J connectivity index is 1.91. The van der Waals surface area contributed by atoms with E-state index in [0.717, 1.165) is 16.5 Å². The van der Waals surface area contributed by atoms with E-state index in [9.17, 15) is 18.3 Å². The fourth-order valence-electron chi connectivity index (χ4n) is 3.26. The van der Waals surface area contributed by atoms with Crippen LogP contribution in [0.4, 0.5) is 0 Å². The van der Waals surface area contributed by atoms with Crippen molar-refractivity contribution in [2.45, 2.75) is 13.0 Å². The van der Waals surface area contributed by atoms with E-state index in [1.165, 1.54) is 10.6 Å². The van der Waals surface area contributed by atoms with Crippen molar-refractivity contribution in [1.29, 1.82) is 0 Å². The molecule has 7 nitrogen and oxygen atoms in total. The van der Waals surface area contributed by atoms with E-state index < -0.39 is 22.0 Å². The zero-order valence-corrected chi connectivity index (χ0v) is 14.5. The number of carboxylic acid groups (broad SMARTS) is 1. The summed E-state index contributed by atoms with van der Waals surface area (Å²) >= 11 is 0. The van der Waals surface area contributed by atoms with Gasteiger partial charge in [0.25, 0.3) is 0 Å². The van der Waals surface area contributed by atoms with E-state index in [2.05, 4.69) is 4.98 Å². The zero-order chi connectivity index (χ0) is 17.5. The fourth-order valence-corrected chi connectivity index (χ4v) is 4.09. The molecule has 130 valence electrons. The number of aromatic amines is 1. The van der Waals surface area contributed by atoms with Gasteiger partial charge in [0, 0.05) is 48.8 Å². The SMILES string of the molecule is Cc1ccc2[nH]cc([C@@H](C(=O)O)N3CCN(S(C)(=O)=O)CC3)c2c1. The number of carbonyl (C=O) groups is 1. The molecule has 0 bridgehead atoms. The van der Waals surface area contributed by atoms with Crippen molar-refractivity contribution >= 4 is 26.9 Å². The Bertz CT molecular complexity index is 867. The summed E-state index contributed by atoms with van der Waals surface area (Å²) in [6.45, 7) is 3.37. The third-order valence-corrected chi connectivity index (χ3v) is 5.81. The molecule has 8 heteroatoms. The molecule has 2 aromatic rings. The maximum Gasteiger partial charge on any atom is 0.325 e. The first-order valence-electron chi connectivity index (χ1n) is 7.77. The maximum atomic E-state index is 11.9. The molecule has 0 unspecified atom stereocenters. The van der Waals surface area contributed by atoms with Crippen LogP contribution >= 0.6 is 0 Å². The number of sulfonamides is 1. The van der Waals surface area contributed by atoms with Crippen LogP contribution in [0.15, 0.2) is 24.4 Å². The molecule has 3 rings (SSSR count). The summed E-state index contributed by atoms with van der Waals surface area (Å²) < 4.78 is 24.6. The average molecular weight is 351 g/mol. The topological polar surface area (TPSA) is 93.7 Å². The van der Waals surface area contributed by atoms with Crippen LogP contribution in [0.1, 0.15) is 17.2 Å². The lowest BCUT2D eigenvalue weighted by molar-refractivity contribution is -0.144. The molecule has 2 heterocycles. The molecule has 2 N–H and O–H groups in total. The van der Waals surface area contributed by atoms with Crippen molar-refractivity contribution in [3.05, 3.63) is 35.5 Å². The Kier molecular flexibility index (Phi) is 4.37. The van der Waals surface area contributed by atoms with Crippen LogP contribution in [0.3, 0.4) is 0 Å². The molecule has 0 saturated carbocycles. The Morgan fingerprint density at radius 1 is 1.25 bits per heavy atom. The van der Waals surface area contributed by atoms with E-state index in [0.29, 0.717) is 31.7 Å². The van der Waals surface area contributed by atoms with Gasteiger partial charge in [0.2, 0.25) is 10.0 Å². The molecule has 0 amide bonds. The van der Waals surface area contributed by atoms with E-state index in [1.54, 1.807) is 6.20 Å². The largest absolute Gasteiger partial charge is 0.480 e. The number of nitrogens with one attached hydrogen (secondary N) is 1. The number of piperazine rings is 1. The Hall–Kier alpha value is -1.90. The zero-order valence-electron chi connectivity index (χ0n) is 13.7. The van der Waals surface area contributed by atoms with Crippen molar-refractivity contribution in [1.82, 2.24) is 14.2 Å². The van der Waals surface area contributed by atoms with Crippen LogP contribution in [0.25, 0.3) is 10.9 Å². The monoisotopic (exact) mass is 351 g/mol. The lowest BCUT2D eigenvalue weighted by atomic mass is 10.0. The minimum Gasteiger partial charge on any atom is -0.480 e. The van der Waals surface area contributed by atoms with Crippen LogP contribution in [-0.2, 0) is 14.8 Å². The summed E-state index contributed by atoms with van der Waals surface area (Å²) in [5, 5.41) is 10.7. The lowest BCUT2D eigenvalue weighted by Gasteiger charge is -2.36. The number of aryl methyl sites for hydroxylation is 1. The fraction of sp³-hybridized carbons (Fsp3) is 0.438. The van der Waals surface area contributed by atoms with Gasteiger partial charge in [-0.25, -0.2) is 8.42 Å². The highest BCUT2D eigenvalue weighted by Crippen LogP contribution is 2.30. The van der Waals surface area contributed by atoms with E-state index in [4.69, 9.17) is 0 Å². The van der Waals surface area contributed by atoms with Crippen molar-refractivity contribution in [3.8, 4) is 0 Å². The Labute approximate surface area is 140 Å². The van der Waals surface area contributed by atoms with Gasteiger partial charge >= 0.3 is 5.97 Å². The average Bonchev–Trinajstić information content (AvgIpc) is 2.90. The highest BCUT2D eigenvalue weighted by Gasteiger charge is 2.33. The van der Waals surface area contributed by atoms with E-state index in [1.807, 2.05) is 30.0 Å². The first-order valence-corrected chi connectivity index (χ1v) is 9.62. The van der Waals surface area contributed by atoms with Gasteiger partial charge < -0.3 is 10.1 Å². The smallest absolute Gasteiger partial charge is 0.325 e. The number of H-pyrrole nitrogens is 1. The highest BCUT2D eigenvalue weighted by atomic mass is 32.2. The number of aliphatic carboxylic acids is 1. The predicted molar refractivity (Wildman–Crippen MR) is 91.4 cm³/mol. The van der Waals surface area contributed by atoms with Crippen molar-refractivity contribution in [3.63, 3.8) is 0 Å². The first kappa shape index (κ1) is 16.9. The van der Waals surface area contributed by atoms with Gasteiger partial charge in [-0.05, 0) is 19.1 Å². The second-order valence-corrected chi connectivity index (χ2v) is 8.21. The molecule has 1 aromatic heterocycles. The Morgan fingerprint density at radius 2 is 1.92 bits per heavy atom. The molecule has 1 fully saturated rings. The summed E-state index contributed by atoms with van der Waals surface area (Å²) in [5.74, 6) is -0.926. The number of hydrogen-bond acceptors (Lipinski definition) is 4. The molecular weight excluding hydrogens is 330 g/mol.